The van der Waals surface area contributed by atoms with E-state index in [1.54, 1.807) is 0 Å². The van der Waals surface area contributed by atoms with Gasteiger partial charge >= 0.3 is 12.1 Å². The third-order valence-corrected chi connectivity index (χ3v) is 3.27. The van der Waals surface area contributed by atoms with Crippen LogP contribution in [0.1, 0.15) is 32.8 Å². The number of rotatable bonds is 5. The molecular formula is C14H15F5O3. The fourth-order valence-electron chi connectivity index (χ4n) is 1.83. The third-order valence-electron chi connectivity index (χ3n) is 3.27. The minimum Gasteiger partial charge on any atom is -0.479 e. The molecule has 1 aromatic carbocycles. The fraction of sp³-hybridized carbons (Fsp3) is 0.500. The molecule has 1 rings (SSSR count). The fourth-order valence-corrected chi connectivity index (χ4v) is 1.83. The van der Waals surface area contributed by atoms with Crippen LogP contribution in [-0.2, 0) is 10.2 Å². The first-order valence-corrected chi connectivity index (χ1v) is 6.37. The topological polar surface area (TPSA) is 46.5 Å². The van der Waals surface area contributed by atoms with Gasteiger partial charge in [0.1, 0.15) is 17.4 Å². The van der Waals surface area contributed by atoms with Gasteiger partial charge in [-0.25, -0.2) is 13.6 Å². The average molecular weight is 326 g/mol. The summed E-state index contributed by atoms with van der Waals surface area (Å²) >= 11 is 0. The number of carboxylic acid groups (broad SMARTS) is 1. The molecule has 0 aliphatic carbocycles. The normalized spacial score (nSPS) is 13.8. The summed E-state index contributed by atoms with van der Waals surface area (Å²) in [5, 5.41) is 8.80. The molecule has 0 heterocycles. The standard InChI is InChI=1S/C14H15F5O3/c1-4-10(12(20)21)22-7-5-8(15)11(9(16)6-7)13(2,3)14(17,18)19/h5-6,10H,4H2,1-3H3,(H,20,21). The Morgan fingerprint density at radius 2 is 1.68 bits per heavy atom. The van der Waals surface area contributed by atoms with E-state index in [2.05, 4.69) is 0 Å². The Bertz CT molecular complexity index is 543. The van der Waals surface area contributed by atoms with Crippen molar-refractivity contribution in [3.63, 3.8) is 0 Å². The predicted molar refractivity (Wildman–Crippen MR) is 67.8 cm³/mol. The zero-order valence-corrected chi connectivity index (χ0v) is 12.1. The first-order chi connectivity index (χ1) is 9.91. The van der Waals surface area contributed by atoms with Gasteiger partial charge in [-0.05, 0) is 20.3 Å². The Morgan fingerprint density at radius 3 is 2.00 bits per heavy atom. The molecule has 8 heteroatoms. The Labute approximate surface area is 123 Å². The highest BCUT2D eigenvalue weighted by atomic mass is 19.4. The van der Waals surface area contributed by atoms with E-state index in [1.165, 1.54) is 6.92 Å². The molecule has 1 aromatic rings. The van der Waals surface area contributed by atoms with E-state index in [9.17, 15) is 26.7 Å². The van der Waals surface area contributed by atoms with Crippen LogP contribution < -0.4 is 4.74 Å². The smallest absolute Gasteiger partial charge is 0.398 e. The van der Waals surface area contributed by atoms with Crippen molar-refractivity contribution < 1.29 is 36.6 Å². The van der Waals surface area contributed by atoms with Crippen LogP contribution in [-0.4, -0.2) is 23.4 Å². The first kappa shape index (κ1) is 18.2. The van der Waals surface area contributed by atoms with E-state index < -0.39 is 46.6 Å². The number of aliphatic carboxylic acids is 1. The van der Waals surface area contributed by atoms with Gasteiger partial charge < -0.3 is 9.84 Å². The van der Waals surface area contributed by atoms with Crippen LogP contribution in [0.5, 0.6) is 5.75 Å². The molecule has 0 aromatic heterocycles. The molecule has 22 heavy (non-hydrogen) atoms. The van der Waals surface area contributed by atoms with Crippen molar-refractivity contribution in [1.29, 1.82) is 0 Å². The van der Waals surface area contributed by atoms with E-state index in [0.717, 1.165) is 0 Å². The summed E-state index contributed by atoms with van der Waals surface area (Å²) in [7, 11) is 0. The Morgan fingerprint density at radius 1 is 1.23 bits per heavy atom. The van der Waals surface area contributed by atoms with Crippen molar-refractivity contribution >= 4 is 5.97 Å². The molecule has 1 unspecified atom stereocenters. The van der Waals surface area contributed by atoms with Crippen LogP contribution in [0.25, 0.3) is 0 Å². The minimum absolute atomic E-state index is 0.0222. The van der Waals surface area contributed by atoms with Crippen molar-refractivity contribution in [2.45, 2.75) is 44.9 Å². The van der Waals surface area contributed by atoms with Crippen molar-refractivity contribution in [2.24, 2.45) is 0 Å². The lowest BCUT2D eigenvalue weighted by molar-refractivity contribution is -0.181. The molecule has 0 spiro atoms. The van der Waals surface area contributed by atoms with Crippen LogP contribution in [0, 0.1) is 11.6 Å². The van der Waals surface area contributed by atoms with E-state index in [4.69, 9.17) is 9.84 Å². The highest BCUT2D eigenvalue weighted by Crippen LogP contribution is 2.43. The monoisotopic (exact) mass is 326 g/mol. The molecule has 1 atom stereocenters. The van der Waals surface area contributed by atoms with E-state index in [0.29, 0.717) is 26.0 Å². The molecule has 0 bridgehead atoms. The van der Waals surface area contributed by atoms with E-state index in [1.807, 2.05) is 0 Å². The molecule has 124 valence electrons. The lowest BCUT2D eigenvalue weighted by Crippen LogP contribution is -2.38. The molecule has 0 aliphatic rings. The number of carboxylic acids is 1. The maximum atomic E-state index is 13.9. The highest BCUT2D eigenvalue weighted by Gasteiger charge is 2.51. The number of alkyl halides is 3. The summed E-state index contributed by atoms with van der Waals surface area (Å²) in [6.07, 6.45) is -6.18. The average Bonchev–Trinajstić information content (AvgIpc) is 2.32. The van der Waals surface area contributed by atoms with Crippen LogP contribution in [0.2, 0.25) is 0 Å². The summed E-state index contributed by atoms with van der Waals surface area (Å²) in [5.41, 5.74) is -3.88. The number of halogens is 5. The Kier molecular flexibility index (Phi) is 5.04. The van der Waals surface area contributed by atoms with Gasteiger partial charge in [-0.1, -0.05) is 6.92 Å². The maximum absolute atomic E-state index is 13.9. The summed E-state index contributed by atoms with van der Waals surface area (Å²) in [6, 6.07) is 1.11. The van der Waals surface area contributed by atoms with Gasteiger partial charge in [-0.3, -0.25) is 0 Å². The summed E-state index contributed by atoms with van der Waals surface area (Å²) in [5.74, 6) is -4.72. The summed E-state index contributed by atoms with van der Waals surface area (Å²) < 4.78 is 71.5. The summed E-state index contributed by atoms with van der Waals surface area (Å²) in [4.78, 5) is 10.8. The van der Waals surface area contributed by atoms with Gasteiger partial charge in [0.2, 0.25) is 0 Å². The van der Waals surface area contributed by atoms with Crippen molar-refractivity contribution in [2.75, 3.05) is 0 Å². The maximum Gasteiger partial charge on any atom is 0.398 e. The largest absolute Gasteiger partial charge is 0.479 e. The molecule has 0 aliphatic heterocycles. The highest BCUT2D eigenvalue weighted by molar-refractivity contribution is 5.72. The van der Waals surface area contributed by atoms with Gasteiger partial charge in [0.05, 0.1) is 5.41 Å². The van der Waals surface area contributed by atoms with Gasteiger partial charge in [-0.2, -0.15) is 13.2 Å². The minimum atomic E-state index is -4.86. The number of hydrogen-bond acceptors (Lipinski definition) is 2. The van der Waals surface area contributed by atoms with Crippen molar-refractivity contribution in [3.8, 4) is 5.75 Å². The number of carbonyl (C=O) groups is 1. The van der Waals surface area contributed by atoms with Crippen LogP contribution >= 0.6 is 0 Å². The van der Waals surface area contributed by atoms with Gasteiger partial charge in [0, 0.05) is 17.7 Å². The second kappa shape index (κ2) is 6.10. The zero-order chi connectivity index (χ0) is 17.3. The van der Waals surface area contributed by atoms with Gasteiger partial charge in [0.15, 0.2) is 6.10 Å². The second-order valence-electron chi connectivity index (χ2n) is 5.24. The number of benzene rings is 1. The molecule has 3 nitrogen and oxygen atoms in total. The molecule has 0 fully saturated rings. The molecule has 0 radical (unpaired) electrons. The lowest BCUT2D eigenvalue weighted by atomic mass is 9.83. The quantitative estimate of drug-likeness (QED) is 0.831. The van der Waals surface area contributed by atoms with Gasteiger partial charge in [-0.15, -0.1) is 0 Å². The van der Waals surface area contributed by atoms with Crippen LogP contribution in [0.4, 0.5) is 22.0 Å². The number of hydrogen-bond donors (Lipinski definition) is 1. The Hall–Kier alpha value is -1.86. The van der Waals surface area contributed by atoms with E-state index in [-0.39, 0.29) is 6.42 Å². The third kappa shape index (κ3) is 3.48. The predicted octanol–water partition coefficient (Wildman–Crippen LogP) is 4.05. The zero-order valence-electron chi connectivity index (χ0n) is 12.1. The molecule has 0 saturated carbocycles. The molecular weight excluding hydrogens is 311 g/mol. The molecule has 1 N–H and O–H groups in total. The lowest BCUT2D eigenvalue weighted by Gasteiger charge is -2.29. The first-order valence-electron chi connectivity index (χ1n) is 6.37. The SMILES string of the molecule is CCC(Oc1cc(F)c(C(C)(C)C(F)(F)F)c(F)c1)C(=O)O. The molecule has 0 amide bonds. The van der Waals surface area contributed by atoms with Crippen LogP contribution in [0.3, 0.4) is 0 Å². The number of ether oxygens (including phenoxy) is 1. The van der Waals surface area contributed by atoms with Gasteiger partial charge in [0.25, 0.3) is 0 Å². The van der Waals surface area contributed by atoms with Crippen molar-refractivity contribution in [3.05, 3.63) is 29.3 Å². The van der Waals surface area contributed by atoms with Crippen LogP contribution in [0.15, 0.2) is 12.1 Å². The Balaban J connectivity index is 3.26. The summed E-state index contributed by atoms with van der Waals surface area (Å²) in [6.45, 7) is 2.79. The van der Waals surface area contributed by atoms with E-state index >= 15 is 0 Å². The molecule has 0 saturated heterocycles. The van der Waals surface area contributed by atoms with Crippen molar-refractivity contribution in [1.82, 2.24) is 0 Å². The second-order valence-corrected chi connectivity index (χ2v) is 5.24.